The number of unbranched alkanes of at least 4 members (excludes halogenated alkanes) is 1. The molecule has 0 aliphatic heterocycles. The first-order valence-corrected chi connectivity index (χ1v) is 13.1. The van der Waals surface area contributed by atoms with Crippen molar-refractivity contribution in [1.29, 1.82) is 0 Å². The maximum atomic E-state index is 13.4. The second kappa shape index (κ2) is 16.7. The Morgan fingerprint density at radius 3 is 2.05 bits per heavy atom. The molecule has 0 radical (unpaired) electrons. The largest absolute Gasteiger partial charge is 0.480 e. The van der Waals surface area contributed by atoms with Gasteiger partial charge in [-0.15, -0.1) is 0 Å². The molecule has 0 saturated carbocycles. The molecule has 0 bridgehead atoms. The van der Waals surface area contributed by atoms with E-state index in [1.54, 1.807) is 0 Å². The van der Waals surface area contributed by atoms with Crippen LogP contribution >= 0.6 is 0 Å². The van der Waals surface area contributed by atoms with Gasteiger partial charge in [-0.2, -0.15) is 0 Å². The van der Waals surface area contributed by atoms with Gasteiger partial charge in [0, 0.05) is 6.42 Å². The van der Waals surface area contributed by atoms with Gasteiger partial charge in [-0.1, -0.05) is 70.9 Å². The number of hydrogen-bond donors (Lipinski definition) is 6. The molecule has 0 aliphatic rings. The molecular formula is C27H45N5O5. The summed E-state index contributed by atoms with van der Waals surface area (Å²) in [4.78, 5) is 51.0. The number of nitrogens with one attached hydrogen (secondary N) is 3. The van der Waals surface area contributed by atoms with Crippen LogP contribution < -0.4 is 27.4 Å². The molecule has 208 valence electrons. The normalized spacial score (nSPS) is 15.2. The third-order valence-corrected chi connectivity index (χ3v) is 6.34. The summed E-state index contributed by atoms with van der Waals surface area (Å²) in [5, 5.41) is 17.7. The summed E-state index contributed by atoms with van der Waals surface area (Å²) in [5.41, 5.74) is 12.3. The molecule has 0 saturated heterocycles. The van der Waals surface area contributed by atoms with Crippen LogP contribution in [0, 0.1) is 11.8 Å². The highest BCUT2D eigenvalue weighted by molar-refractivity contribution is 5.94. The van der Waals surface area contributed by atoms with Crippen LogP contribution in [0.4, 0.5) is 0 Å². The zero-order valence-corrected chi connectivity index (χ0v) is 22.5. The third-order valence-electron chi connectivity index (χ3n) is 6.34. The Morgan fingerprint density at radius 1 is 0.892 bits per heavy atom. The fourth-order valence-electron chi connectivity index (χ4n) is 3.89. The van der Waals surface area contributed by atoms with Crippen LogP contribution in [-0.4, -0.2) is 59.5 Å². The fourth-order valence-corrected chi connectivity index (χ4v) is 3.89. The topological polar surface area (TPSA) is 177 Å². The number of nitrogens with two attached hydrogens (primary N) is 2. The van der Waals surface area contributed by atoms with Gasteiger partial charge < -0.3 is 32.5 Å². The minimum Gasteiger partial charge on any atom is -0.480 e. The quantitative estimate of drug-likeness (QED) is 0.168. The Bertz CT molecular complexity index is 864. The Balaban J connectivity index is 3.09. The molecule has 10 nitrogen and oxygen atoms in total. The summed E-state index contributed by atoms with van der Waals surface area (Å²) < 4.78 is 0. The summed E-state index contributed by atoms with van der Waals surface area (Å²) in [5.74, 6) is -2.89. The minimum atomic E-state index is -1.14. The molecule has 0 heterocycles. The number of hydrogen-bond acceptors (Lipinski definition) is 6. The van der Waals surface area contributed by atoms with Crippen LogP contribution in [0.1, 0.15) is 65.4 Å². The first-order valence-electron chi connectivity index (χ1n) is 13.1. The Morgan fingerprint density at radius 2 is 1.51 bits per heavy atom. The van der Waals surface area contributed by atoms with E-state index in [-0.39, 0.29) is 24.7 Å². The predicted molar refractivity (Wildman–Crippen MR) is 143 cm³/mol. The number of carbonyl (C=O) groups excluding carboxylic acids is 3. The average Bonchev–Trinajstić information content (AvgIpc) is 2.85. The van der Waals surface area contributed by atoms with Crippen LogP contribution in [0.3, 0.4) is 0 Å². The Kier molecular flexibility index (Phi) is 14.5. The second-order valence-corrected chi connectivity index (χ2v) is 10.0. The molecule has 1 aromatic carbocycles. The summed E-state index contributed by atoms with van der Waals surface area (Å²) in [6.45, 7) is 7.98. The van der Waals surface area contributed by atoms with Crippen molar-refractivity contribution >= 4 is 23.7 Å². The molecule has 0 fully saturated rings. The molecule has 1 aromatic rings. The van der Waals surface area contributed by atoms with E-state index in [0.717, 1.165) is 12.0 Å². The fraction of sp³-hybridized carbons (Fsp3) is 0.630. The highest BCUT2D eigenvalue weighted by Crippen LogP contribution is 2.12. The average molecular weight is 520 g/mol. The molecule has 37 heavy (non-hydrogen) atoms. The van der Waals surface area contributed by atoms with E-state index in [1.807, 2.05) is 58.0 Å². The van der Waals surface area contributed by atoms with Crippen molar-refractivity contribution in [2.45, 2.75) is 90.4 Å². The lowest BCUT2D eigenvalue weighted by Crippen LogP contribution is -2.59. The van der Waals surface area contributed by atoms with Gasteiger partial charge in [0.15, 0.2) is 0 Å². The van der Waals surface area contributed by atoms with Gasteiger partial charge in [0.05, 0.1) is 6.04 Å². The first-order chi connectivity index (χ1) is 17.5. The number of carboxylic acid groups (broad SMARTS) is 1. The van der Waals surface area contributed by atoms with E-state index >= 15 is 0 Å². The molecule has 5 unspecified atom stereocenters. The van der Waals surface area contributed by atoms with Gasteiger partial charge in [-0.05, 0) is 43.2 Å². The standard InChI is InChI=1S/C27H45N5O5/c1-5-18(4)23(32-24(33)20(29)13-9-10-14-28)26(35)30-21(16-19-11-7-6-8-12-19)25(34)31-22(27(36)37)15-17(2)3/h6-8,11-12,17-18,20-23H,5,9-10,13-16,28-29H2,1-4H3,(H,30,35)(H,31,34)(H,32,33)(H,36,37). The van der Waals surface area contributed by atoms with Crippen LogP contribution in [0.25, 0.3) is 0 Å². The summed E-state index contributed by atoms with van der Waals surface area (Å²) in [6.07, 6.45) is 2.91. The van der Waals surface area contributed by atoms with E-state index in [1.165, 1.54) is 0 Å². The highest BCUT2D eigenvalue weighted by atomic mass is 16.4. The van der Waals surface area contributed by atoms with Crippen molar-refractivity contribution in [3.05, 3.63) is 35.9 Å². The minimum absolute atomic E-state index is 0.0441. The number of amides is 3. The third kappa shape index (κ3) is 11.7. The van der Waals surface area contributed by atoms with Crippen molar-refractivity contribution in [2.75, 3.05) is 6.54 Å². The number of carboxylic acids is 1. The van der Waals surface area contributed by atoms with E-state index in [0.29, 0.717) is 25.8 Å². The van der Waals surface area contributed by atoms with E-state index < -0.39 is 47.9 Å². The zero-order valence-electron chi connectivity index (χ0n) is 22.5. The molecule has 10 heteroatoms. The monoisotopic (exact) mass is 519 g/mol. The summed E-state index contributed by atoms with van der Waals surface area (Å²) in [7, 11) is 0. The molecule has 1 rings (SSSR count). The molecule has 5 atom stereocenters. The van der Waals surface area contributed by atoms with Crippen LogP contribution in [-0.2, 0) is 25.6 Å². The smallest absolute Gasteiger partial charge is 0.326 e. The van der Waals surface area contributed by atoms with E-state index in [9.17, 15) is 24.3 Å². The van der Waals surface area contributed by atoms with Crippen molar-refractivity contribution in [3.8, 4) is 0 Å². The predicted octanol–water partition coefficient (Wildman–Crippen LogP) is 1.32. The van der Waals surface area contributed by atoms with Crippen LogP contribution in [0.15, 0.2) is 30.3 Å². The second-order valence-electron chi connectivity index (χ2n) is 10.0. The molecule has 8 N–H and O–H groups in total. The summed E-state index contributed by atoms with van der Waals surface area (Å²) >= 11 is 0. The Labute approximate surface area is 220 Å². The van der Waals surface area contributed by atoms with Gasteiger partial charge >= 0.3 is 5.97 Å². The maximum Gasteiger partial charge on any atom is 0.326 e. The van der Waals surface area contributed by atoms with E-state index in [4.69, 9.17) is 11.5 Å². The van der Waals surface area contributed by atoms with Crippen LogP contribution in [0.2, 0.25) is 0 Å². The SMILES string of the molecule is CCC(C)C(NC(=O)C(N)CCCCN)C(=O)NC(Cc1ccccc1)C(=O)NC(CC(C)C)C(=O)O. The zero-order chi connectivity index (χ0) is 28.0. The number of carbonyl (C=O) groups is 4. The number of benzene rings is 1. The van der Waals surface area contributed by atoms with Gasteiger partial charge in [0.25, 0.3) is 0 Å². The van der Waals surface area contributed by atoms with Gasteiger partial charge in [0.1, 0.15) is 18.1 Å². The Hall–Kier alpha value is -2.98. The molecule has 0 aliphatic carbocycles. The number of aliphatic carboxylic acids is 1. The molecule has 0 spiro atoms. The van der Waals surface area contributed by atoms with Crippen molar-refractivity contribution in [3.63, 3.8) is 0 Å². The first kappa shape index (κ1) is 32.0. The van der Waals surface area contributed by atoms with Crippen molar-refractivity contribution < 1.29 is 24.3 Å². The lowest BCUT2D eigenvalue weighted by atomic mass is 9.96. The van der Waals surface area contributed by atoms with E-state index in [2.05, 4.69) is 16.0 Å². The van der Waals surface area contributed by atoms with Gasteiger partial charge in [-0.25, -0.2) is 4.79 Å². The number of rotatable bonds is 17. The lowest BCUT2D eigenvalue weighted by molar-refractivity contribution is -0.142. The maximum absolute atomic E-state index is 13.4. The molecule has 3 amide bonds. The molecular weight excluding hydrogens is 474 g/mol. The van der Waals surface area contributed by atoms with Gasteiger partial charge in [0.2, 0.25) is 17.7 Å². The van der Waals surface area contributed by atoms with Gasteiger partial charge in [-0.3, -0.25) is 14.4 Å². The van der Waals surface area contributed by atoms with Crippen molar-refractivity contribution in [1.82, 2.24) is 16.0 Å². The molecule has 0 aromatic heterocycles. The summed E-state index contributed by atoms with van der Waals surface area (Å²) in [6, 6.07) is 5.32. The van der Waals surface area contributed by atoms with Crippen molar-refractivity contribution in [2.24, 2.45) is 23.3 Å². The highest BCUT2D eigenvalue weighted by Gasteiger charge is 2.32. The lowest BCUT2D eigenvalue weighted by Gasteiger charge is -2.28. The van der Waals surface area contributed by atoms with Crippen LogP contribution in [0.5, 0.6) is 0 Å².